The molecule has 0 aliphatic heterocycles. The van der Waals surface area contributed by atoms with Crippen molar-refractivity contribution in [2.24, 2.45) is 23.2 Å². The summed E-state index contributed by atoms with van der Waals surface area (Å²) in [4.78, 5) is 22.7. The van der Waals surface area contributed by atoms with Crippen molar-refractivity contribution in [3.63, 3.8) is 0 Å². The monoisotopic (exact) mass is 296 g/mol. The number of carbonyl (C=O) groups excluding carboxylic acids is 1. The van der Waals surface area contributed by atoms with Gasteiger partial charge in [0.05, 0.1) is 0 Å². The van der Waals surface area contributed by atoms with Gasteiger partial charge in [0.25, 0.3) is 0 Å². The number of hydrogen-bond donors (Lipinski definition) is 3. The summed E-state index contributed by atoms with van der Waals surface area (Å²) in [5, 5.41) is 14.7. The van der Waals surface area contributed by atoms with Crippen molar-refractivity contribution in [1.82, 2.24) is 10.6 Å². The number of carboxylic acid groups (broad SMARTS) is 1. The van der Waals surface area contributed by atoms with E-state index in [1.165, 1.54) is 25.7 Å². The molecule has 2 rings (SSSR count). The highest BCUT2D eigenvalue weighted by Crippen LogP contribution is 2.60. The summed E-state index contributed by atoms with van der Waals surface area (Å²) in [5.41, 5.74) is 0.399. The fourth-order valence-corrected chi connectivity index (χ4v) is 3.29. The van der Waals surface area contributed by atoms with Gasteiger partial charge in [0.15, 0.2) is 0 Å². The molecule has 2 aliphatic carbocycles. The molecule has 0 radical (unpaired) electrons. The van der Waals surface area contributed by atoms with Gasteiger partial charge in [-0.2, -0.15) is 0 Å². The molecule has 0 spiro atoms. The summed E-state index contributed by atoms with van der Waals surface area (Å²) in [6.45, 7) is 5.35. The Bertz CT molecular complexity index is 387. The van der Waals surface area contributed by atoms with Crippen molar-refractivity contribution in [1.29, 1.82) is 0 Å². The highest BCUT2D eigenvalue weighted by atomic mass is 16.4. The Kier molecular flexibility index (Phi) is 5.12. The molecule has 2 aliphatic rings. The molecule has 5 nitrogen and oxygen atoms in total. The first-order valence-corrected chi connectivity index (χ1v) is 8.15. The van der Waals surface area contributed by atoms with Crippen LogP contribution < -0.4 is 10.6 Å². The molecule has 0 unspecified atom stereocenters. The van der Waals surface area contributed by atoms with E-state index in [9.17, 15) is 9.59 Å². The second kappa shape index (κ2) is 6.67. The van der Waals surface area contributed by atoms with Crippen LogP contribution in [0.3, 0.4) is 0 Å². The normalized spacial score (nSPS) is 20.9. The maximum atomic E-state index is 11.9. The zero-order chi connectivity index (χ0) is 15.5. The predicted octanol–water partition coefficient (Wildman–Crippen LogP) is 2.61. The molecule has 21 heavy (non-hydrogen) atoms. The van der Waals surface area contributed by atoms with E-state index in [-0.39, 0.29) is 18.4 Å². The van der Waals surface area contributed by atoms with Gasteiger partial charge in [-0.1, -0.05) is 13.8 Å². The Labute approximate surface area is 126 Å². The molecule has 0 aromatic heterocycles. The predicted molar refractivity (Wildman–Crippen MR) is 81.0 cm³/mol. The number of carboxylic acids is 1. The zero-order valence-electron chi connectivity index (χ0n) is 13.2. The van der Waals surface area contributed by atoms with Crippen LogP contribution >= 0.6 is 0 Å². The Morgan fingerprint density at radius 2 is 1.90 bits per heavy atom. The van der Waals surface area contributed by atoms with Crippen LogP contribution in [0.2, 0.25) is 0 Å². The second-order valence-corrected chi connectivity index (χ2v) is 7.29. The van der Waals surface area contributed by atoms with E-state index in [4.69, 9.17) is 5.11 Å². The van der Waals surface area contributed by atoms with Gasteiger partial charge >= 0.3 is 12.0 Å². The van der Waals surface area contributed by atoms with Gasteiger partial charge in [0, 0.05) is 19.5 Å². The van der Waals surface area contributed by atoms with Crippen molar-refractivity contribution < 1.29 is 14.7 Å². The standard InChI is InChI=1S/C16H28N2O3/c1-11(2)7-12(8-14(19)20)9-17-15(21)18-10-16(5-6-16)13-3-4-13/h11-13H,3-10H2,1-2H3,(H,19,20)(H2,17,18,21)/t12-/m0/s1. The minimum atomic E-state index is -0.798. The zero-order valence-corrected chi connectivity index (χ0v) is 13.2. The average Bonchev–Trinajstić information content (AvgIpc) is 3.25. The minimum absolute atomic E-state index is 0.00608. The fraction of sp³-hybridized carbons (Fsp3) is 0.875. The quantitative estimate of drug-likeness (QED) is 0.612. The molecular formula is C16H28N2O3. The Hall–Kier alpha value is -1.26. The van der Waals surface area contributed by atoms with E-state index in [1.807, 2.05) is 0 Å². The van der Waals surface area contributed by atoms with Gasteiger partial charge < -0.3 is 15.7 Å². The van der Waals surface area contributed by atoms with E-state index in [2.05, 4.69) is 24.5 Å². The molecule has 3 N–H and O–H groups in total. The fourth-order valence-electron chi connectivity index (χ4n) is 3.29. The summed E-state index contributed by atoms with van der Waals surface area (Å²) in [6.07, 6.45) is 6.06. The maximum absolute atomic E-state index is 11.9. The molecule has 0 saturated heterocycles. The van der Waals surface area contributed by atoms with Crippen LogP contribution in [0.25, 0.3) is 0 Å². The maximum Gasteiger partial charge on any atom is 0.314 e. The molecule has 2 fully saturated rings. The number of amides is 2. The van der Waals surface area contributed by atoms with Crippen molar-refractivity contribution in [2.45, 2.75) is 52.4 Å². The molecule has 0 bridgehead atoms. The highest BCUT2D eigenvalue weighted by molar-refractivity contribution is 5.74. The van der Waals surface area contributed by atoms with E-state index in [1.54, 1.807) is 0 Å². The van der Waals surface area contributed by atoms with E-state index >= 15 is 0 Å². The average molecular weight is 296 g/mol. The van der Waals surface area contributed by atoms with Gasteiger partial charge in [-0.3, -0.25) is 4.79 Å². The van der Waals surface area contributed by atoms with Crippen LogP contribution in [-0.2, 0) is 4.79 Å². The summed E-state index contributed by atoms with van der Waals surface area (Å²) in [7, 11) is 0. The van der Waals surface area contributed by atoms with Crippen molar-refractivity contribution in [2.75, 3.05) is 13.1 Å². The van der Waals surface area contributed by atoms with E-state index in [0.717, 1.165) is 18.9 Å². The number of carbonyl (C=O) groups is 2. The SMILES string of the molecule is CC(C)C[C@H](CNC(=O)NCC1(C2CC2)CC1)CC(=O)O. The molecule has 0 aromatic carbocycles. The van der Waals surface area contributed by atoms with Crippen LogP contribution in [0.1, 0.15) is 52.4 Å². The van der Waals surface area contributed by atoms with Crippen molar-refractivity contribution in [3.05, 3.63) is 0 Å². The summed E-state index contributed by atoms with van der Waals surface area (Å²) in [5.74, 6) is 0.474. The lowest BCUT2D eigenvalue weighted by Crippen LogP contribution is -2.41. The largest absolute Gasteiger partial charge is 0.481 e. The Balaban J connectivity index is 1.67. The summed E-state index contributed by atoms with van der Waals surface area (Å²) >= 11 is 0. The van der Waals surface area contributed by atoms with Gasteiger partial charge in [-0.25, -0.2) is 4.79 Å². The number of urea groups is 1. The van der Waals surface area contributed by atoms with Gasteiger partial charge in [0.2, 0.25) is 0 Å². The van der Waals surface area contributed by atoms with Crippen LogP contribution in [-0.4, -0.2) is 30.2 Å². The lowest BCUT2D eigenvalue weighted by atomic mass is 9.94. The van der Waals surface area contributed by atoms with Crippen molar-refractivity contribution >= 4 is 12.0 Å². The number of rotatable bonds is 9. The molecule has 2 saturated carbocycles. The van der Waals surface area contributed by atoms with Gasteiger partial charge in [0.1, 0.15) is 0 Å². The first-order chi connectivity index (χ1) is 9.91. The third kappa shape index (κ3) is 5.21. The topological polar surface area (TPSA) is 78.4 Å². The minimum Gasteiger partial charge on any atom is -0.481 e. The highest BCUT2D eigenvalue weighted by Gasteiger charge is 2.53. The molecule has 2 amide bonds. The molecule has 0 heterocycles. The smallest absolute Gasteiger partial charge is 0.314 e. The van der Waals surface area contributed by atoms with E-state index in [0.29, 0.717) is 17.9 Å². The lowest BCUT2D eigenvalue weighted by Gasteiger charge is -2.19. The molecule has 5 heteroatoms. The lowest BCUT2D eigenvalue weighted by molar-refractivity contribution is -0.138. The summed E-state index contributed by atoms with van der Waals surface area (Å²) in [6, 6.07) is -0.152. The molecule has 0 aromatic rings. The van der Waals surface area contributed by atoms with Crippen molar-refractivity contribution in [3.8, 4) is 0 Å². The number of aliphatic carboxylic acids is 1. The first kappa shape index (κ1) is 16.1. The van der Waals surface area contributed by atoms with Crippen LogP contribution in [0, 0.1) is 23.2 Å². The van der Waals surface area contributed by atoms with Crippen LogP contribution in [0.5, 0.6) is 0 Å². The van der Waals surface area contributed by atoms with E-state index < -0.39 is 5.97 Å². The summed E-state index contributed by atoms with van der Waals surface area (Å²) < 4.78 is 0. The number of nitrogens with one attached hydrogen (secondary N) is 2. The molecular weight excluding hydrogens is 268 g/mol. The van der Waals surface area contributed by atoms with Gasteiger partial charge in [-0.05, 0) is 55.3 Å². The Morgan fingerprint density at radius 1 is 1.24 bits per heavy atom. The van der Waals surface area contributed by atoms with Crippen LogP contribution in [0.4, 0.5) is 4.79 Å². The van der Waals surface area contributed by atoms with Crippen LogP contribution in [0.15, 0.2) is 0 Å². The number of hydrogen-bond acceptors (Lipinski definition) is 2. The molecule has 120 valence electrons. The Morgan fingerprint density at radius 3 is 2.38 bits per heavy atom. The first-order valence-electron chi connectivity index (χ1n) is 8.15. The third-order valence-corrected chi connectivity index (χ3v) is 4.76. The second-order valence-electron chi connectivity index (χ2n) is 7.29. The third-order valence-electron chi connectivity index (χ3n) is 4.76. The van der Waals surface area contributed by atoms with Gasteiger partial charge in [-0.15, -0.1) is 0 Å². The molecule has 1 atom stereocenters.